The Labute approximate surface area is 146 Å². The lowest BCUT2D eigenvalue weighted by molar-refractivity contribution is 1.36. The molecule has 3 aromatic carbocycles. The van der Waals surface area contributed by atoms with Crippen LogP contribution in [0.4, 0.5) is 5.69 Å². The third-order valence-corrected chi connectivity index (χ3v) is 5.34. The molecule has 0 fully saturated rings. The van der Waals surface area contributed by atoms with Crippen molar-refractivity contribution in [1.29, 1.82) is 0 Å². The molecule has 0 atom stereocenters. The third-order valence-electron chi connectivity index (χ3n) is 3.36. The Balaban J connectivity index is 1.45. The summed E-state index contributed by atoms with van der Waals surface area (Å²) in [7, 11) is 0. The van der Waals surface area contributed by atoms with E-state index < -0.39 is 0 Å². The SMILES string of the molecule is c1ccc(SCNc2ccc(CSc3ccccc3)cc2)cc1. The maximum absolute atomic E-state index is 3.45. The summed E-state index contributed by atoms with van der Waals surface area (Å²) in [5, 5.41) is 3.45. The standard InChI is InChI=1S/C20H19NS2/c1-3-7-19(8-4-1)22-15-17-11-13-18(14-12-17)21-16-23-20-9-5-2-6-10-20/h1-14,21H,15-16H2. The monoisotopic (exact) mass is 337 g/mol. The largest absolute Gasteiger partial charge is 0.376 e. The van der Waals surface area contributed by atoms with Gasteiger partial charge in [0.15, 0.2) is 0 Å². The molecule has 0 saturated carbocycles. The van der Waals surface area contributed by atoms with Crippen LogP contribution in [0.5, 0.6) is 0 Å². The van der Waals surface area contributed by atoms with E-state index in [-0.39, 0.29) is 0 Å². The molecule has 0 heterocycles. The van der Waals surface area contributed by atoms with Crippen molar-refractivity contribution in [1.82, 2.24) is 0 Å². The van der Waals surface area contributed by atoms with Gasteiger partial charge >= 0.3 is 0 Å². The van der Waals surface area contributed by atoms with Gasteiger partial charge in [0.1, 0.15) is 0 Å². The van der Waals surface area contributed by atoms with E-state index in [0.29, 0.717) is 0 Å². The third kappa shape index (κ3) is 5.38. The average molecular weight is 338 g/mol. The summed E-state index contributed by atoms with van der Waals surface area (Å²) in [6, 6.07) is 29.7. The summed E-state index contributed by atoms with van der Waals surface area (Å²) in [5.41, 5.74) is 2.52. The molecule has 3 heteroatoms. The molecule has 0 saturated heterocycles. The summed E-state index contributed by atoms with van der Waals surface area (Å²) < 4.78 is 0. The molecule has 116 valence electrons. The molecule has 3 aromatic rings. The van der Waals surface area contributed by atoms with Crippen LogP contribution >= 0.6 is 23.5 Å². The molecule has 1 nitrogen and oxygen atoms in total. The Kier molecular flexibility index (Phi) is 6.07. The molecule has 23 heavy (non-hydrogen) atoms. The molecule has 0 aromatic heterocycles. The van der Waals surface area contributed by atoms with Gasteiger partial charge in [-0.15, -0.1) is 23.5 Å². The topological polar surface area (TPSA) is 12.0 Å². The van der Waals surface area contributed by atoms with Gasteiger partial charge in [-0.3, -0.25) is 0 Å². The fraction of sp³-hybridized carbons (Fsp3) is 0.100. The van der Waals surface area contributed by atoms with Gasteiger partial charge in [0.25, 0.3) is 0 Å². The summed E-state index contributed by atoms with van der Waals surface area (Å²) >= 11 is 3.68. The first kappa shape index (κ1) is 16.0. The van der Waals surface area contributed by atoms with Crippen LogP contribution < -0.4 is 5.32 Å². The Hall–Kier alpha value is -1.84. The predicted molar refractivity (Wildman–Crippen MR) is 103 cm³/mol. The Bertz CT molecular complexity index is 697. The van der Waals surface area contributed by atoms with Crippen molar-refractivity contribution in [3.05, 3.63) is 90.5 Å². The number of hydrogen-bond donors (Lipinski definition) is 1. The summed E-state index contributed by atoms with van der Waals surface area (Å²) in [4.78, 5) is 2.60. The van der Waals surface area contributed by atoms with E-state index in [9.17, 15) is 0 Å². The Morgan fingerprint density at radius 2 is 1.17 bits per heavy atom. The van der Waals surface area contributed by atoms with Crippen molar-refractivity contribution in [2.45, 2.75) is 15.5 Å². The highest BCUT2D eigenvalue weighted by Crippen LogP contribution is 2.23. The number of thioether (sulfide) groups is 2. The molecule has 0 aliphatic heterocycles. The van der Waals surface area contributed by atoms with Gasteiger partial charge < -0.3 is 5.32 Å². The smallest absolute Gasteiger partial charge is 0.0657 e. The molecule has 0 radical (unpaired) electrons. The molecule has 1 N–H and O–H groups in total. The number of nitrogens with one attached hydrogen (secondary N) is 1. The number of hydrogen-bond acceptors (Lipinski definition) is 3. The minimum absolute atomic E-state index is 0.877. The second kappa shape index (κ2) is 8.70. The van der Waals surface area contributed by atoms with Crippen molar-refractivity contribution in [3.8, 4) is 0 Å². The van der Waals surface area contributed by atoms with Gasteiger partial charge in [0.2, 0.25) is 0 Å². The van der Waals surface area contributed by atoms with E-state index >= 15 is 0 Å². The predicted octanol–water partition coefficient (Wildman–Crippen LogP) is 6.14. The van der Waals surface area contributed by atoms with Crippen molar-refractivity contribution < 1.29 is 0 Å². The summed E-state index contributed by atoms with van der Waals surface area (Å²) in [6.07, 6.45) is 0. The zero-order valence-electron chi connectivity index (χ0n) is 12.8. The van der Waals surface area contributed by atoms with Gasteiger partial charge in [-0.05, 0) is 42.0 Å². The first-order valence-corrected chi connectivity index (χ1v) is 9.56. The molecule has 3 rings (SSSR count). The summed E-state index contributed by atoms with van der Waals surface area (Å²) in [6.45, 7) is 0. The fourth-order valence-corrected chi connectivity index (χ4v) is 3.75. The molecule has 0 bridgehead atoms. The lowest BCUT2D eigenvalue weighted by atomic mass is 10.2. The lowest BCUT2D eigenvalue weighted by Crippen LogP contribution is -1.97. The zero-order chi connectivity index (χ0) is 15.7. The minimum atomic E-state index is 0.877. The van der Waals surface area contributed by atoms with E-state index in [1.54, 1.807) is 0 Å². The van der Waals surface area contributed by atoms with E-state index in [0.717, 1.165) is 11.6 Å². The van der Waals surface area contributed by atoms with Crippen LogP contribution in [-0.4, -0.2) is 5.88 Å². The van der Waals surface area contributed by atoms with Crippen LogP contribution in [0.1, 0.15) is 5.56 Å². The van der Waals surface area contributed by atoms with Gasteiger partial charge in [-0.2, -0.15) is 0 Å². The normalized spacial score (nSPS) is 10.4. The zero-order valence-corrected chi connectivity index (χ0v) is 14.4. The van der Waals surface area contributed by atoms with Crippen molar-refractivity contribution in [3.63, 3.8) is 0 Å². The maximum atomic E-state index is 3.45. The van der Waals surface area contributed by atoms with Crippen LogP contribution in [0.15, 0.2) is 94.7 Å². The fourth-order valence-electron chi connectivity index (χ4n) is 2.12. The summed E-state index contributed by atoms with van der Waals surface area (Å²) in [5.74, 6) is 1.88. The van der Waals surface area contributed by atoms with Crippen molar-refractivity contribution in [2.24, 2.45) is 0 Å². The van der Waals surface area contributed by atoms with E-state index in [2.05, 4.69) is 84.2 Å². The number of anilines is 1. The second-order valence-corrected chi connectivity index (χ2v) is 7.17. The van der Waals surface area contributed by atoms with E-state index in [1.807, 2.05) is 29.6 Å². The molecule has 0 amide bonds. The Morgan fingerprint density at radius 3 is 1.78 bits per heavy atom. The van der Waals surface area contributed by atoms with Gasteiger partial charge in [0, 0.05) is 21.2 Å². The highest BCUT2D eigenvalue weighted by atomic mass is 32.2. The van der Waals surface area contributed by atoms with Gasteiger partial charge in [0.05, 0.1) is 5.88 Å². The molecular weight excluding hydrogens is 318 g/mol. The highest BCUT2D eigenvalue weighted by molar-refractivity contribution is 7.99. The first-order valence-electron chi connectivity index (χ1n) is 7.59. The van der Waals surface area contributed by atoms with E-state index in [4.69, 9.17) is 0 Å². The average Bonchev–Trinajstić information content (AvgIpc) is 2.63. The molecule has 0 aliphatic rings. The van der Waals surface area contributed by atoms with E-state index in [1.165, 1.54) is 21.0 Å². The van der Waals surface area contributed by atoms with Crippen LogP contribution in [0.25, 0.3) is 0 Å². The van der Waals surface area contributed by atoms with Crippen molar-refractivity contribution >= 4 is 29.2 Å². The molecule has 0 spiro atoms. The number of benzene rings is 3. The minimum Gasteiger partial charge on any atom is -0.376 e. The van der Waals surface area contributed by atoms with Gasteiger partial charge in [-0.1, -0.05) is 48.5 Å². The van der Waals surface area contributed by atoms with Crippen LogP contribution in [0, 0.1) is 0 Å². The maximum Gasteiger partial charge on any atom is 0.0657 e. The number of rotatable bonds is 7. The van der Waals surface area contributed by atoms with Crippen LogP contribution in [-0.2, 0) is 5.75 Å². The van der Waals surface area contributed by atoms with Crippen LogP contribution in [0.3, 0.4) is 0 Å². The van der Waals surface area contributed by atoms with Gasteiger partial charge in [-0.25, -0.2) is 0 Å². The van der Waals surface area contributed by atoms with Crippen LogP contribution in [0.2, 0.25) is 0 Å². The second-order valence-electron chi connectivity index (χ2n) is 5.08. The highest BCUT2D eigenvalue weighted by Gasteiger charge is 1.98. The molecule has 0 aliphatic carbocycles. The molecule has 0 unspecified atom stereocenters. The first-order chi connectivity index (χ1) is 11.4. The van der Waals surface area contributed by atoms with Crippen molar-refractivity contribution in [2.75, 3.05) is 11.2 Å². The Morgan fingerprint density at radius 1 is 0.609 bits per heavy atom. The quantitative estimate of drug-likeness (QED) is 0.411. The lowest BCUT2D eigenvalue weighted by Gasteiger charge is -2.07. The molecular formula is C20H19NS2.